The van der Waals surface area contributed by atoms with Crippen LogP contribution in [0.2, 0.25) is 0 Å². The van der Waals surface area contributed by atoms with Crippen LogP contribution in [0.4, 0.5) is 0 Å². The number of alkyl halides is 1. The smallest absolute Gasteiger partial charge is 0.550 e. The summed E-state index contributed by atoms with van der Waals surface area (Å²) >= 11 is 5.81. The molecule has 0 aromatic heterocycles. The summed E-state index contributed by atoms with van der Waals surface area (Å²) in [5, 5.41) is 10.0. The molecule has 0 aromatic carbocycles. The number of halogens is 1. The largest absolute Gasteiger partial charge is 1.00 e. The van der Waals surface area contributed by atoms with Gasteiger partial charge in [0.25, 0.3) is 0 Å². The van der Waals surface area contributed by atoms with Gasteiger partial charge in [-0.2, -0.15) is 0 Å². The summed E-state index contributed by atoms with van der Waals surface area (Å²) in [5.41, 5.74) is 0. The third-order valence-electron chi connectivity index (χ3n) is 1.53. The Morgan fingerprint density at radius 1 is 1.50 bits per heavy atom. The Bertz CT molecular complexity index is 120. The molecule has 12 heavy (non-hydrogen) atoms. The summed E-state index contributed by atoms with van der Waals surface area (Å²) in [6.07, 6.45) is 3.70. The monoisotopic (exact) mass is 200 g/mol. The normalized spacial score (nSPS) is 11.8. The van der Waals surface area contributed by atoms with E-state index < -0.39 is 5.97 Å². The number of carboxylic acids is 1. The summed E-state index contributed by atoms with van der Waals surface area (Å²) in [7, 11) is 0. The zero-order valence-corrected chi connectivity index (χ0v) is 10.6. The zero-order valence-electron chi connectivity index (χ0n) is 7.81. The molecule has 4 heteroatoms. The molecule has 0 heterocycles. The van der Waals surface area contributed by atoms with Gasteiger partial charge < -0.3 is 9.90 Å². The van der Waals surface area contributed by atoms with Crippen molar-refractivity contribution in [3.05, 3.63) is 0 Å². The van der Waals surface area contributed by atoms with E-state index in [1.807, 2.05) is 0 Å². The maximum absolute atomic E-state index is 10.0. The Labute approximate surface area is 101 Å². The first-order chi connectivity index (χ1) is 5.16. The molecule has 0 aliphatic carbocycles. The van der Waals surface area contributed by atoms with Crippen molar-refractivity contribution >= 4 is 17.6 Å². The number of carbonyl (C=O) groups is 1. The van der Waals surface area contributed by atoms with Crippen LogP contribution in [0.25, 0.3) is 0 Å². The van der Waals surface area contributed by atoms with Crippen LogP contribution in [0, 0.1) is 0 Å². The fraction of sp³-hybridized carbons (Fsp3) is 0.875. The minimum Gasteiger partial charge on any atom is -0.550 e. The molecule has 0 radical (unpaired) electrons. The number of rotatable bonds is 6. The van der Waals surface area contributed by atoms with Crippen molar-refractivity contribution < 1.29 is 39.5 Å². The Kier molecular flexibility index (Phi) is 12.5. The van der Waals surface area contributed by atoms with Crippen molar-refractivity contribution in [2.45, 2.75) is 44.4 Å². The van der Waals surface area contributed by atoms with E-state index in [0.717, 1.165) is 19.3 Å². The molecule has 0 aromatic rings. The molecule has 0 saturated carbocycles. The van der Waals surface area contributed by atoms with Crippen LogP contribution < -0.4 is 34.7 Å². The van der Waals surface area contributed by atoms with Crippen LogP contribution in [-0.2, 0) is 4.79 Å². The van der Waals surface area contributed by atoms with Gasteiger partial charge in [0.15, 0.2) is 0 Å². The van der Waals surface area contributed by atoms with Gasteiger partial charge in [0.2, 0.25) is 0 Å². The van der Waals surface area contributed by atoms with Crippen molar-refractivity contribution in [3.8, 4) is 0 Å². The molecule has 0 fully saturated rings. The van der Waals surface area contributed by atoms with Crippen molar-refractivity contribution in [2.75, 3.05) is 0 Å². The quantitative estimate of drug-likeness (QED) is 0.380. The summed E-state index contributed by atoms with van der Waals surface area (Å²) in [6, 6.07) is 0. The summed E-state index contributed by atoms with van der Waals surface area (Å²) in [5.74, 6) is -1.01. The fourth-order valence-electron chi connectivity index (χ4n) is 0.844. The molecule has 0 amide bonds. The van der Waals surface area contributed by atoms with E-state index in [1.54, 1.807) is 0 Å². The number of aliphatic carboxylic acids is 1. The van der Waals surface area contributed by atoms with Crippen LogP contribution >= 0.6 is 11.6 Å². The molecule has 0 saturated heterocycles. The molecule has 0 aliphatic rings. The average Bonchev–Trinajstić information content (AvgIpc) is 1.97. The summed E-state index contributed by atoms with van der Waals surface area (Å²) in [4.78, 5) is 10.0. The van der Waals surface area contributed by atoms with Gasteiger partial charge in [-0.15, -0.1) is 11.6 Å². The van der Waals surface area contributed by atoms with Crippen molar-refractivity contribution in [3.63, 3.8) is 0 Å². The topological polar surface area (TPSA) is 40.1 Å². The first-order valence-electron chi connectivity index (χ1n) is 4.00. The predicted octanol–water partition coefficient (Wildman–Crippen LogP) is -1.68. The van der Waals surface area contributed by atoms with Crippen LogP contribution in [0.15, 0.2) is 0 Å². The van der Waals surface area contributed by atoms with E-state index in [2.05, 4.69) is 6.92 Å². The second-order valence-electron chi connectivity index (χ2n) is 2.65. The molecule has 0 aliphatic heterocycles. The molecule has 66 valence electrons. The third kappa shape index (κ3) is 10.8. The Morgan fingerprint density at radius 3 is 2.50 bits per heavy atom. The molecular weight excluding hydrogens is 187 g/mol. The van der Waals surface area contributed by atoms with E-state index in [1.165, 1.54) is 0 Å². The van der Waals surface area contributed by atoms with E-state index in [4.69, 9.17) is 11.6 Å². The minimum atomic E-state index is -1.01. The SMILES string of the molecule is CCCCC(Cl)CCC(=O)[O-].[Na+]. The number of hydrogen-bond acceptors (Lipinski definition) is 2. The van der Waals surface area contributed by atoms with E-state index in [-0.39, 0.29) is 41.4 Å². The predicted molar refractivity (Wildman–Crippen MR) is 43.4 cm³/mol. The average molecular weight is 201 g/mol. The van der Waals surface area contributed by atoms with Crippen LogP contribution in [0.3, 0.4) is 0 Å². The maximum Gasteiger partial charge on any atom is 1.00 e. The number of hydrogen-bond donors (Lipinski definition) is 0. The molecule has 0 spiro atoms. The minimum absolute atomic E-state index is 0. The van der Waals surface area contributed by atoms with Gasteiger partial charge in [-0.05, 0) is 19.3 Å². The first kappa shape index (κ1) is 15.2. The Hall–Kier alpha value is 0.760. The number of carboxylic acid groups (broad SMARTS) is 1. The first-order valence-corrected chi connectivity index (χ1v) is 4.44. The van der Waals surface area contributed by atoms with Gasteiger partial charge in [0, 0.05) is 11.3 Å². The Morgan fingerprint density at radius 2 is 2.08 bits per heavy atom. The molecule has 0 N–H and O–H groups in total. The molecule has 1 atom stereocenters. The summed E-state index contributed by atoms with van der Waals surface area (Å²) < 4.78 is 0. The van der Waals surface area contributed by atoms with Crippen LogP contribution in [0.5, 0.6) is 0 Å². The van der Waals surface area contributed by atoms with Gasteiger partial charge in [-0.25, -0.2) is 0 Å². The van der Waals surface area contributed by atoms with Gasteiger partial charge >= 0.3 is 29.6 Å². The van der Waals surface area contributed by atoms with Gasteiger partial charge in [-0.3, -0.25) is 0 Å². The molecule has 0 bridgehead atoms. The Balaban J connectivity index is 0. The molecule has 1 unspecified atom stereocenters. The van der Waals surface area contributed by atoms with Crippen LogP contribution in [0.1, 0.15) is 39.0 Å². The number of unbranched alkanes of at least 4 members (excludes halogenated alkanes) is 1. The molecule has 0 rings (SSSR count). The second kappa shape index (κ2) is 9.85. The van der Waals surface area contributed by atoms with E-state index in [9.17, 15) is 9.90 Å². The van der Waals surface area contributed by atoms with Gasteiger partial charge in [0.05, 0.1) is 0 Å². The third-order valence-corrected chi connectivity index (χ3v) is 1.97. The van der Waals surface area contributed by atoms with Gasteiger partial charge in [0.1, 0.15) is 0 Å². The maximum atomic E-state index is 10.0. The number of carbonyl (C=O) groups excluding carboxylic acids is 1. The van der Waals surface area contributed by atoms with E-state index >= 15 is 0 Å². The van der Waals surface area contributed by atoms with Crippen molar-refractivity contribution in [1.29, 1.82) is 0 Å². The fourth-order valence-corrected chi connectivity index (χ4v) is 1.11. The van der Waals surface area contributed by atoms with E-state index in [0.29, 0.717) is 6.42 Å². The summed E-state index contributed by atoms with van der Waals surface area (Å²) in [6.45, 7) is 2.09. The van der Waals surface area contributed by atoms with Crippen molar-refractivity contribution in [2.24, 2.45) is 0 Å². The zero-order chi connectivity index (χ0) is 8.69. The van der Waals surface area contributed by atoms with Gasteiger partial charge in [-0.1, -0.05) is 19.8 Å². The molecule has 2 nitrogen and oxygen atoms in total. The van der Waals surface area contributed by atoms with Crippen LogP contribution in [-0.4, -0.2) is 11.3 Å². The standard InChI is InChI=1S/C8H15ClO2.Na/c1-2-3-4-7(9)5-6-8(10)11;/h7H,2-6H2,1H3,(H,10,11);/q;+1/p-1. The van der Waals surface area contributed by atoms with Crippen molar-refractivity contribution in [1.82, 2.24) is 0 Å². The molecular formula is C8H14ClNaO2. The second-order valence-corrected chi connectivity index (χ2v) is 3.27.